The van der Waals surface area contributed by atoms with Crippen molar-refractivity contribution in [1.82, 2.24) is 20.0 Å². The zero-order valence-electron chi connectivity index (χ0n) is 16.7. The van der Waals surface area contributed by atoms with Crippen molar-refractivity contribution in [2.45, 2.75) is 19.9 Å². The van der Waals surface area contributed by atoms with Gasteiger partial charge < -0.3 is 19.9 Å². The van der Waals surface area contributed by atoms with Crippen molar-refractivity contribution in [3.8, 4) is 5.88 Å². The lowest BCUT2D eigenvalue weighted by Crippen LogP contribution is -2.49. The standard InChI is InChI=1S/C20H28FN5O2/c1-15-18(20(28-3)24(2)23-15)14-22-9-8-19(27)26-12-10-25(11-13-26)17-6-4-16(21)5-7-17/h4-7,22H,8-14H2,1-3H3. The molecule has 0 unspecified atom stereocenters. The highest BCUT2D eigenvalue weighted by molar-refractivity contribution is 5.76. The van der Waals surface area contributed by atoms with Gasteiger partial charge in [-0.15, -0.1) is 0 Å². The van der Waals surface area contributed by atoms with E-state index in [4.69, 9.17) is 4.74 Å². The van der Waals surface area contributed by atoms with Crippen LogP contribution in [0, 0.1) is 12.7 Å². The first-order valence-corrected chi connectivity index (χ1v) is 9.55. The number of rotatable bonds is 7. The number of aromatic nitrogens is 2. The molecule has 1 fully saturated rings. The van der Waals surface area contributed by atoms with E-state index in [1.807, 2.05) is 18.9 Å². The van der Waals surface area contributed by atoms with Crippen LogP contribution >= 0.6 is 0 Å². The summed E-state index contributed by atoms with van der Waals surface area (Å²) in [7, 11) is 3.49. The predicted molar refractivity (Wildman–Crippen MR) is 106 cm³/mol. The molecule has 1 saturated heterocycles. The molecule has 0 spiro atoms. The molecule has 152 valence electrons. The average molecular weight is 389 g/mol. The predicted octanol–water partition coefficient (Wildman–Crippen LogP) is 1.70. The number of halogens is 1. The van der Waals surface area contributed by atoms with Gasteiger partial charge in [0.15, 0.2) is 0 Å². The number of piperazine rings is 1. The van der Waals surface area contributed by atoms with Crippen LogP contribution in [0.5, 0.6) is 5.88 Å². The first-order chi connectivity index (χ1) is 13.5. The summed E-state index contributed by atoms with van der Waals surface area (Å²) in [6.07, 6.45) is 0.457. The monoisotopic (exact) mass is 389 g/mol. The minimum atomic E-state index is -0.232. The second-order valence-corrected chi connectivity index (χ2v) is 6.97. The number of anilines is 1. The van der Waals surface area contributed by atoms with Crippen LogP contribution in [0.4, 0.5) is 10.1 Å². The minimum absolute atomic E-state index is 0.154. The molecule has 28 heavy (non-hydrogen) atoms. The van der Waals surface area contributed by atoms with Crippen LogP contribution in [0.25, 0.3) is 0 Å². The fraction of sp³-hybridized carbons (Fsp3) is 0.500. The molecule has 0 saturated carbocycles. The third kappa shape index (κ3) is 4.62. The van der Waals surface area contributed by atoms with E-state index >= 15 is 0 Å². The van der Waals surface area contributed by atoms with Crippen molar-refractivity contribution in [3.63, 3.8) is 0 Å². The molecular formula is C20H28FN5O2. The number of methoxy groups -OCH3 is 1. The van der Waals surface area contributed by atoms with Gasteiger partial charge in [-0.1, -0.05) is 0 Å². The summed E-state index contributed by atoms with van der Waals surface area (Å²) in [4.78, 5) is 16.5. The summed E-state index contributed by atoms with van der Waals surface area (Å²) in [5, 5.41) is 7.67. The molecule has 1 aliphatic rings. The van der Waals surface area contributed by atoms with Crippen LogP contribution in [0.3, 0.4) is 0 Å². The average Bonchev–Trinajstić information content (AvgIpc) is 2.98. The highest BCUT2D eigenvalue weighted by Crippen LogP contribution is 2.20. The third-order valence-corrected chi connectivity index (χ3v) is 5.12. The molecule has 1 aromatic carbocycles. The van der Waals surface area contributed by atoms with Gasteiger partial charge in [0.05, 0.1) is 18.4 Å². The smallest absolute Gasteiger partial charge is 0.223 e. The Bertz CT molecular complexity index is 798. The van der Waals surface area contributed by atoms with Crippen LogP contribution < -0.4 is 15.0 Å². The molecule has 1 aliphatic heterocycles. The van der Waals surface area contributed by atoms with E-state index in [-0.39, 0.29) is 11.7 Å². The zero-order chi connectivity index (χ0) is 20.1. The van der Waals surface area contributed by atoms with Gasteiger partial charge in [0.25, 0.3) is 0 Å². The quantitative estimate of drug-likeness (QED) is 0.731. The van der Waals surface area contributed by atoms with E-state index in [9.17, 15) is 9.18 Å². The van der Waals surface area contributed by atoms with Gasteiger partial charge in [-0.2, -0.15) is 5.10 Å². The molecule has 2 aromatic rings. The molecule has 8 heteroatoms. The van der Waals surface area contributed by atoms with E-state index < -0.39 is 0 Å². The Hall–Kier alpha value is -2.61. The Morgan fingerprint density at radius 2 is 1.89 bits per heavy atom. The van der Waals surface area contributed by atoms with Gasteiger partial charge in [0.2, 0.25) is 11.8 Å². The normalized spacial score (nSPS) is 14.4. The topological polar surface area (TPSA) is 62.6 Å². The number of benzene rings is 1. The van der Waals surface area contributed by atoms with Gasteiger partial charge in [0, 0.05) is 58.4 Å². The van der Waals surface area contributed by atoms with E-state index in [2.05, 4.69) is 15.3 Å². The Morgan fingerprint density at radius 1 is 1.21 bits per heavy atom. The Kier molecular flexibility index (Phi) is 6.51. The lowest BCUT2D eigenvalue weighted by Gasteiger charge is -2.36. The largest absolute Gasteiger partial charge is 0.481 e. The van der Waals surface area contributed by atoms with Crippen LogP contribution in [0.15, 0.2) is 24.3 Å². The maximum Gasteiger partial charge on any atom is 0.223 e. The lowest BCUT2D eigenvalue weighted by atomic mass is 10.2. The van der Waals surface area contributed by atoms with E-state index in [1.165, 1.54) is 12.1 Å². The summed E-state index contributed by atoms with van der Waals surface area (Å²) in [5.74, 6) is 0.665. The van der Waals surface area contributed by atoms with Gasteiger partial charge in [-0.05, 0) is 31.2 Å². The van der Waals surface area contributed by atoms with Crippen molar-refractivity contribution in [1.29, 1.82) is 0 Å². The van der Waals surface area contributed by atoms with Crippen LogP contribution in [0.2, 0.25) is 0 Å². The SMILES string of the molecule is COc1c(CNCCC(=O)N2CCN(c3ccc(F)cc3)CC2)c(C)nn1C. The van der Waals surface area contributed by atoms with Crippen molar-refractivity contribution < 1.29 is 13.9 Å². The second-order valence-electron chi connectivity index (χ2n) is 6.97. The minimum Gasteiger partial charge on any atom is -0.481 e. The first kappa shape index (κ1) is 20.1. The van der Waals surface area contributed by atoms with Gasteiger partial charge in [0.1, 0.15) is 5.82 Å². The molecule has 7 nitrogen and oxygen atoms in total. The molecular weight excluding hydrogens is 361 g/mol. The molecule has 2 heterocycles. The molecule has 0 radical (unpaired) electrons. The molecule has 0 atom stereocenters. The number of aryl methyl sites for hydroxylation is 2. The van der Waals surface area contributed by atoms with E-state index in [0.29, 0.717) is 32.6 Å². The molecule has 1 aromatic heterocycles. The summed E-state index contributed by atoms with van der Waals surface area (Å²) < 4.78 is 20.2. The molecule has 0 aliphatic carbocycles. The molecule has 1 N–H and O–H groups in total. The maximum atomic E-state index is 13.1. The number of nitrogens with one attached hydrogen (secondary N) is 1. The number of amides is 1. The van der Waals surface area contributed by atoms with Gasteiger partial charge >= 0.3 is 0 Å². The van der Waals surface area contributed by atoms with Crippen molar-refractivity contribution in [2.75, 3.05) is 44.7 Å². The number of carbonyl (C=O) groups excluding carboxylic acids is 1. The maximum absolute atomic E-state index is 13.1. The number of hydrogen-bond donors (Lipinski definition) is 1. The highest BCUT2D eigenvalue weighted by atomic mass is 19.1. The third-order valence-electron chi connectivity index (χ3n) is 5.12. The van der Waals surface area contributed by atoms with Gasteiger partial charge in [-0.25, -0.2) is 9.07 Å². The fourth-order valence-corrected chi connectivity index (χ4v) is 3.57. The van der Waals surface area contributed by atoms with Crippen LogP contribution in [0.1, 0.15) is 17.7 Å². The molecule has 0 bridgehead atoms. The molecule has 1 amide bonds. The van der Waals surface area contributed by atoms with Crippen LogP contribution in [-0.4, -0.2) is 60.4 Å². The van der Waals surface area contributed by atoms with Crippen molar-refractivity contribution in [3.05, 3.63) is 41.3 Å². The Balaban J connectivity index is 1.41. The number of nitrogens with zero attached hydrogens (tertiary/aromatic N) is 4. The number of ether oxygens (including phenoxy) is 1. The Labute approximate surface area is 165 Å². The molecule has 3 rings (SSSR count). The second kappa shape index (κ2) is 9.05. The first-order valence-electron chi connectivity index (χ1n) is 9.55. The van der Waals surface area contributed by atoms with Crippen LogP contribution in [-0.2, 0) is 18.4 Å². The van der Waals surface area contributed by atoms with E-state index in [1.54, 1.807) is 23.9 Å². The lowest BCUT2D eigenvalue weighted by molar-refractivity contribution is -0.131. The highest BCUT2D eigenvalue weighted by Gasteiger charge is 2.21. The van der Waals surface area contributed by atoms with Gasteiger partial charge in [-0.3, -0.25) is 4.79 Å². The number of carbonyl (C=O) groups is 1. The summed E-state index contributed by atoms with van der Waals surface area (Å²) >= 11 is 0. The summed E-state index contributed by atoms with van der Waals surface area (Å²) in [5.41, 5.74) is 2.94. The number of hydrogen-bond acceptors (Lipinski definition) is 5. The summed E-state index contributed by atoms with van der Waals surface area (Å²) in [6, 6.07) is 6.51. The van der Waals surface area contributed by atoms with E-state index in [0.717, 1.165) is 35.9 Å². The fourth-order valence-electron chi connectivity index (χ4n) is 3.57. The summed E-state index contributed by atoms with van der Waals surface area (Å²) in [6.45, 7) is 6.07. The van der Waals surface area contributed by atoms with Crippen molar-refractivity contribution >= 4 is 11.6 Å². The Morgan fingerprint density at radius 3 is 2.54 bits per heavy atom. The van der Waals surface area contributed by atoms with Crippen molar-refractivity contribution in [2.24, 2.45) is 7.05 Å². The zero-order valence-corrected chi connectivity index (χ0v) is 16.7.